The summed E-state index contributed by atoms with van der Waals surface area (Å²) in [7, 11) is 0. The first-order chi connectivity index (χ1) is 13.3. The van der Waals surface area contributed by atoms with Crippen LogP contribution in [0.25, 0.3) is 5.69 Å². The molecule has 0 atom stereocenters. The second kappa shape index (κ2) is 8.84. The normalized spacial score (nSPS) is 19.3. The van der Waals surface area contributed by atoms with Crippen LogP contribution >= 0.6 is 11.8 Å². The lowest BCUT2D eigenvalue weighted by atomic mass is 10.2. The fourth-order valence-electron chi connectivity index (χ4n) is 3.54. The quantitative estimate of drug-likeness (QED) is 0.785. The van der Waals surface area contributed by atoms with Gasteiger partial charge in [-0.1, -0.05) is 18.2 Å². The van der Waals surface area contributed by atoms with Gasteiger partial charge in [0.15, 0.2) is 11.0 Å². The standard InChI is InChI=1S/C19H25N5O2S/c25-18-6-2-1-3-10-23(18)14-17-21-22-19(27-16-7-11-26-12-8-16)24(17)15-5-4-9-20-13-15/h4-5,9,13,16H,1-3,6-8,10-12,14H2. The summed E-state index contributed by atoms with van der Waals surface area (Å²) >= 11 is 1.75. The van der Waals surface area contributed by atoms with Gasteiger partial charge in [-0.15, -0.1) is 10.2 Å². The van der Waals surface area contributed by atoms with E-state index < -0.39 is 0 Å². The minimum absolute atomic E-state index is 0.215. The molecule has 144 valence electrons. The van der Waals surface area contributed by atoms with Gasteiger partial charge in [0, 0.05) is 37.6 Å². The van der Waals surface area contributed by atoms with E-state index in [9.17, 15) is 4.79 Å². The second-order valence-corrected chi connectivity index (χ2v) is 8.27. The monoisotopic (exact) mass is 387 g/mol. The van der Waals surface area contributed by atoms with Crippen molar-refractivity contribution in [3.63, 3.8) is 0 Å². The summed E-state index contributed by atoms with van der Waals surface area (Å²) in [6, 6.07) is 3.93. The van der Waals surface area contributed by atoms with Crippen LogP contribution in [0.4, 0.5) is 0 Å². The van der Waals surface area contributed by atoms with E-state index in [0.717, 1.165) is 68.5 Å². The number of rotatable bonds is 5. The van der Waals surface area contributed by atoms with E-state index >= 15 is 0 Å². The van der Waals surface area contributed by atoms with E-state index in [1.165, 1.54) is 0 Å². The van der Waals surface area contributed by atoms with Crippen molar-refractivity contribution in [3.05, 3.63) is 30.4 Å². The summed E-state index contributed by atoms with van der Waals surface area (Å²) in [5, 5.41) is 10.3. The molecule has 7 nitrogen and oxygen atoms in total. The van der Waals surface area contributed by atoms with E-state index in [4.69, 9.17) is 4.74 Å². The number of aromatic nitrogens is 4. The summed E-state index contributed by atoms with van der Waals surface area (Å²) in [5.74, 6) is 1.01. The average molecular weight is 388 g/mol. The number of likely N-dealkylation sites (tertiary alicyclic amines) is 1. The number of carbonyl (C=O) groups excluding carboxylic acids is 1. The molecule has 0 radical (unpaired) electrons. The Morgan fingerprint density at radius 3 is 2.89 bits per heavy atom. The molecule has 0 spiro atoms. The molecule has 1 amide bonds. The van der Waals surface area contributed by atoms with Crippen molar-refractivity contribution in [2.75, 3.05) is 19.8 Å². The van der Waals surface area contributed by atoms with Gasteiger partial charge in [-0.2, -0.15) is 0 Å². The zero-order valence-corrected chi connectivity index (χ0v) is 16.2. The number of pyridine rings is 1. The van der Waals surface area contributed by atoms with Crippen LogP contribution in [0.1, 0.15) is 44.3 Å². The summed E-state index contributed by atoms with van der Waals surface area (Å²) in [6.45, 7) is 2.89. The Kier molecular flexibility index (Phi) is 6.03. The van der Waals surface area contributed by atoms with Gasteiger partial charge in [0.2, 0.25) is 5.91 Å². The molecule has 0 bridgehead atoms. The predicted octanol–water partition coefficient (Wildman–Crippen LogP) is 2.84. The van der Waals surface area contributed by atoms with Gasteiger partial charge in [-0.25, -0.2) is 0 Å². The zero-order valence-electron chi connectivity index (χ0n) is 15.4. The maximum Gasteiger partial charge on any atom is 0.222 e. The molecule has 2 saturated heterocycles. The number of amides is 1. The molecule has 4 rings (SSSR count). The van der Waals surface area contributed by atoms with Gasteiger partial charge >= 0.3 is 0 Å². The van der Waals surface area contributed by atoms with Crippen molar-refractivity contribution < 1.29 is 9.53 Å². The number of hydrogen-bond acceptors (Lipinski definition) is 6. The van der Waals surface area contributed by atoms with Gasteiger partial charge < -0.3 is 9.64 Å². The summed E-state index contributed by atoms with van der Waals surface area (Å²) in [6.07, 6.45) is 9.40. The lowest BCUT2D eigenvalue weighted by Crippen LogP contribution is -2.31. The first-order valence-corrected chi connectivity index (χ1v) is 10.6. The Labute approximate surface area is 163 Å². The van der Waals surface area contributed by atoms with Crippen molar-refractivity contribution in [3.8, 4) is 5.69 Å². The van der Waals surface area contributed by atoms with Crippen LogP contribution in [0.2, 0.25) is 0 Å². The first-order valence-electron chi connectivity index (χ1n) is 9.68. The molecule has 0 saturated carbocycles. The lowest BCUT2D eigenvalue weighted by Gasteiger charge is -2.22. The van der Waals surface area contributed by atoms with Crippen molar-refractivity contribution in [1.82, 2.24) is 24.6 Å². The van der Waals surface area contributed by atoms with Crippen molar-refractivity contribution >= 4 is 17.7 Å². The van der Waals surface area contributed by atoms with E-state index in [1.807, 2.05) is 23.2 Å². The molecule has 4 heterocycles. The van der Waals surface area contributed by atoms with Gasteiger partial charge in [0.05, 0.1) is 18.4 Å². The van der Waals surface area contributed by atoms with E-state index in [-0.39, 0.29) is 5.91 Å². The van der Waals surface area contributed by atoms with Crippen LogP contribution in [0, 0.1) is 0 Å². The van der Waals surface area contributed by atoms with E-state index in [1.54, 1.807) is 18.0 Å². The smallest absolute Gasteiger partial charge is 0.222 e. The molecule has 2 aromatic rings. The Morgan fingerprint density at radius 2 is 2.07 bits per heavy atom. The largest absolute Gasteiger partial charge is 0.381 e. The molecule has 0 N–H and O–H groups in total. The van der Waals surface area contributed by atoms with Gasteiger partial charge in [-0.05, 0) is 37.8 Å². The number of thioether (sulfide) groups is 1. The number of hydrogen-bond donors (Lipinski definition) is 0. The highest BCUT2D eigenvalue weighted by atomic mass is 32.2. The van der Waals surface area contributed by atoms with Crippen LogP contribution in [-0.4, -0.2) is 55.6 Å². The molecule has 2 fully saturated rings. The topological polar surface area (TPSA) is 73.1 Å². The third-order valence-corrected chi connectivity index (χ3v) is 6.33. The lowest BCUT2D eigenvalue weighted by molar-refractivity contribution is -0.131. The summed E-state index contributed by atoms with van der Waals surface area (Å²) in [4.78, 5) is 18.6. The van der Waals surface area contributed by atoms with Crippen molar-refractivity contribution in [2.24, 2.45) is 0 Å². The Balaban J connectivity index is 1.61. The van der Waals surface area contributed by atoms with Gasteiger partial charge in [0.1, 0.15) is 0 Å². The van der Waals surface area contributed by atoms with Gasteiger partial charge in [-0.3, -0.25) is 14.3 Å². The highest BCUT2D eigenvalue weighted by molar-refractivity contribution is 7.99. The maximum absolute atomic E-state index is 12.4. The van der Waals surface area contributed by atoms with E-state index in [2.05, 4.69) is 19.7 Å². The molecule has 0 aromatic carbocycles. The first kappa shape index (κ1) is 18.4. The SMILES string of the molecule is O=C1CCCCCN1Cc1nnc(SC2CCOCC2)n1-c1cccnc1. The molecule has 0 unspecified atom stereocenters. The van der Waals surface area contributed by atoms with Crippen LogP contribution in [0.5, 0.6) is 0 Å². The van der Waals surface area contributed by atoms with Crippen LogP contribution in [-0.2, 0) is 16.1 Å². The number of nitrogens with zero attached hydrogens (tertiary/aromatic N) is 5. The number of ether oxygens (including phenoxy) is 1. The fourth-order valence-corrected chi connectivity index (χ4v) is 4.67. The average Bonchev–Trinajstić information content (AvgIpc) is 2.98. The Bertz CT molecular complexity index is 761. The van der Waals surface area contributed by atoms with E-state index in [0.29, 0.717) is 18.2 Å². The third kappa shape index (κ3) is 4.50. The summed E-state index contributed by atoms with van der Waals surface area (Å²) in [5.41, 5.74) is 0.939. The minimum atomic E-state index is 0.215. The Hall–Kier alpha value is -1.93. The zero-order chi connectivity index (χ0) is 18.5. The molecular weight excluding hydrogens is 362 g/mol. The fraction of sp³-hybridized carbons (Fsp3) is 0.579. The molecular formula is C19H25N5O2S. The Morgan fingerprint density at radius 1 is 1.19 bits per heavy atom. The van der Waals surface area contributed by atoms with Gasteiger partial charge in [0.25, 0.3) is 0 Å². The summed E-state index contributed by atoms with van der Waals surface area (Å²) < 4.78 is 7.53. The maximum atomic E-state index is 12.4. The van der Waals surface area contributed by atoms with Crippen molar-refractivity contribution in [1.29, 1.82) is 0 Å². The molecule has 2 aliphatic rings. The predicted molar refractivity (Wildman–Crippen MR) is 103 cm³/mol. The third-order valence-electron chi connectivity index (χ3n) is 5.05. The molecule has 2 aliphatic heterocycles. The van der Waals surface area contributed by atoms with Crippen LogP contribution in [0.15, 0.2) is 29.7 Å². The highest BCUT2D eigenvalue weighted by Gasteiger charge is 2.24. The second-order valence-electron chi connectivity index (χ2n) is 7.00. The highest BCUT2D eigenvalue weighted by Crippen LogP contribution is 2.31. The molecule has 2 aromatic heterocycles. The number of carbonyl (C=O) groups is 1. The van der Waals surface area contributed by atoms with Crippen LogP contribution < -0.4 is 0 Å². The molecule has 27 heavy (non-hydrogen) atoms. The molecule has 0 aliphatic carbocycles. The molecule has 8 heteroatoms. The van der Waals surface area contributed by atoms with Crippen molar-refractivity contribution in [2.45, 2.75) is 55.5 Å². The minimum Gasteiger partial charge on any atom is -0.381 e. The van der Waals surface area contributed by atoms with Crippen LogP contribution in [0.3, 0.4) is 0 Å².